The van der Waals surface area contributed by atoms with Crippen LogP contribution in [0.4, 0.5) is 0 Å². The van der Waals surface area contributed by atoms with Crippen LogP contribution in [-0.2, 0) is 6.54 Å². The summed E-state index contributed by atoms with van der Waals surface area (Å²) in [6, 6.07) is 20.8. The summed E-state index contributed by atoms with van der Waals surface area (Å²) < 4.78 is 0. The Morgan fingerprint density at radius 1 is 0.974 bits per heavy atom. The summed E-state index contributed by atoms with van der Waals surface area (Å²) in [4.78, 5) is 7.16. The topological polar surface area (TPSA) is 73.8 Å². The number of rotatable bonds is 7. The van der Waals surface area contributed by atoms with E-state index in [1.165, 1.54) is 57.3 Å². The van der Waals surface area contributed by atoms with Crippen molar-refractivity contribution in [2.24, 2.45) is 11.5 Å². The van der Waals surface area contributed by atoms with Crippen LogP contribution in [0, 0.1) is 6.54 Å². The monoisotopic (exact) mass is 528 g/mol. The molecule has 2 aliphatic rings. The molecule has 7 heteroatoms. The largest absolute Gasteiger partial charge is 1.00 e. The number of nitrogens with two attached hydrogens (primary N) is 2. The predicted molar refractivity (Wildman–Crippen MR) is 161 cm³/mol. The van der Waals surface area contributed by atoms with E-state index in [0.29, 0.717) is 6.04 Å². The van der Waals surface area contributed by atoms with Gasteiger partial charge in [-0.3, -0.25) is 9.80 Å². The van der Waals surface area contributed by atoms with Gasteiger partial charge in [0.1, 0.15) is 0 Å². The summed E-state index contributed by atoms with van der Waals surface area (Å²) in [5.74, 6) is 0. The Morgan fingerprint density at radius 3 is 1.97 bits per heavy atom. The molecule has 0 radical (unpaired) electrons. The zero-order chi connectivity index (χ0) is 27.3. The Balaban J connectivity index is 0.000000538. The van der Waals surface area contributed by atoms with Gasteiger partial charge in [0.05, 0.1) is 0 Å². The van der Waals surface area contributed by atoms with Crippen molar-refractivity contribution in [3.63, 3.8) is 0 Å². The van der Waals surface area contributed by atoms with Crippen molar-refractivity contribution in [3.8, 4) is 0 Å². The Morgan fingerprint density at radius 2 is 1.53 bits per heavy atom. The molecule has 0 spiro atoms. The quantitative estimate of drug-likeness (QED) is 0.284. The van der Waals surface area contributed by atoms with Crippen molar-refractivity contribution in [2.45, 2.75) is 25.4 Å². The van der Waals surface area contributed by atoms with E-state index in [0.717, 1.165) is 24.4 Å². The molecule has 1 unspecified atom stereocenters. The molecule has 2 aromatic rings. The fourth-order valence-electron chi connectivity index (χ4n) is 4.06. The smallest absolute Gasteiger partial charge is 0.405 e. The molecule has 2 heterocycles. The average Bonchev–Trinajstić information content (AvgIpc) is 3.37. The molecule has 0 amide bonds. The average molecular weight is 529 g/mol. The minimum Gasteiger partial charge on any atom is -0.405 e. The van der Waals surface area contributed by atoms with Crippen LogP contribution in [0.25, 0.3) is 0 Å². The van der Waals surface area contributed by atoms with Crippen LogP contribution in [-0.4, -0.2) is 74.1 Å². The van der Waals surface area contributed by atoms with Crippen LogP contribution >= 0.6 is 0 Å². The van der Waals surface area contributed by atoms with Gasteiger partial charge in [-0.1, -0.05) is 55.6 Å². The second kappa shape index (κ2) is 22.9. The van der Waals surface area contributed by atoms with Gasteiger partial charge in [0.25, 0.3) is 0 Å². The van der Waals surface area contributed by atoms with Gasteiger partial charge in [-0.2, -0.15) is 17.7 Å². The van der Waals surface area contributed by atoms with Crippen molar-refractivity contribution in [1.29, 1.82) is 0 Å². The van der Waals surface area contributed by atoms with Crippen LogP contribution in [0.1, 0.15) is 24.0 Å². The van der Waals surface area contributed by atoms with Crippen LogP contribution in [0.2, 0.25) is 0 Å². The van der Waals surface area contributed by atoms with E-state index in [-0.39, 0.29) is 29.6 Å². The molecule has 0 saturated carbocycles. The number of hydrogen-bond acceptors (Lipinski definition) is 6. The summed E-state index contributed by atoms with van der Waals surface area (Å²) in [6.45, 7) is 20.5. The normalized spacial score (nSPS) is 17.0. The molecule has 204 valence electrons. The van der Waals surface area contributed by atoms with Gasteiger partial charge in [-0.15, -0.1) is 25.3 Å². The first-order valence-electron chi connectivity index (χ1n) is 13.1. The second-order valence-electron chi connectivity index (χ2n) is 9.21. The summed E-state index contributed by atoms with van der Waals surface area (Å²) >= 11 is 0. The van der Waals surface area contributed by atoms with E-state index in [4.69, 9.17) is 5.73 Å². The molecule has 38 heavy (non-hydrogen) atoms. The van der Waals surface area contributed by atoms with Gasteiger partial charge in [-0.05, 0) is 45.2 Å². The van der Waals surface area contributed by atoms with Gasteiger partial charge < -0.3 is 21.7 Å². The zero-order valence-electron chi connectivity index (χ0n) is 24.1. The molecule has 2 fully saturated rings. The number of likely N-dealkylation sites (tertiary alicyclic amines) is 1. The maximum absolute atomic E-state index is 5.22. The first kappa shape index (κ1) is 36.0. The Kier molecular flexibility index (Phi) is 21.7. The van der Waals surface area contributed by atoms with E-state index < -0.39 is 0 Å². The number of piperazine rings is 1. The van der Waals surface area contributed by atoms with Crippen LogP contribution < -0.4 is 46.3 Å². The van der Waals surface area contributed by atoms with E-state index in [9.17, 15) is 0 Å². The molecule has 2 aromatic carbocycles. The van der Waals surface area contributed by atoms with Gasteiger partial charge in [0, 0.05) is 51.0 Å². The number of nitrogens with zero attached hydrogens (tertiary/aromatic N) is 3. The van der Waals surface area contributed by atoms with Gasteiger partial charge in [0.2, 0.25) is 0 Å². The Labute approximate surface area is 254 Å². The third kappa shape index (κ3) is 16.0. The molecule has 6 nitrogen and oxygen atoms in total. The van der Waals surface area contributed by atoms with Crippen LogP contribution in [0.3, 0.4) is 0 Å². The van der Waals surface area contributed by atoms with Crippen molar-refractivity contribution in [1.82, 2.24) is 20.0 Å². The first-order valence-corrected chi connectivity index (χ1v) is 13.1. The minimum atomic E-state index is 0. The zero-order valence-corrected chi connectivity index (χ0v) is 26.1. The van der Waals surface area contributed by atoms with E-state index in [2.05, 4.69) is 83.8 Å². The standard InChI is InChI=1S/C14H20N2.C8H16N2.C7H8N.C2H5N.Na/c1-12(14-9-6-10-16(14)2)15-11-13-7-4-3-5-8-13;1-3-4-10-7-5-9(2)6-8-10;8-6-7-4-2-1-3-5-7;1-2-3;/h3-5,7-8,14-15H,1,6,9-11H2,2H3;3H,1,4-8H2,2H3;1-6H,8H2;2H,1,3H2;/q;;-1;;+1. The first-order chi connectivity index (χ1) is 17.9. The summed E-state index contributed by atoms with van der Waals surface area (Å²) in [6.07, 6.45) is 5.75. The molecule has 0 aliphatic carbocycles. The molecule has 5 N–H and O–H groups in total. The molecule has 1 atom stereocenters. The predicted octanol–water partition coefficient (Wildman–Crippen LogP) is 1.05. The van der Waals surface area contributed by atoms with Gasteiger partial charge in [0.15, 0.2) is 0 Å². The number of hydrogen-bond donors (Lipinski definition) is 3. The Bertz CT molecular complexity index is 853. The maximum Gasteiger partial charge on any atom is 1.00 e. The van der Waals surface area contributed by atoms with Gasteiger partial charge >= 0.3 is 29.6 Å². The minimum absolute atomic E-state index is 0. The summed E-state index contributed by atoms with van der Waals surface area (Å²) in [5, 5.41) is 3.44. The molecule has 2 aliphatic heterocycles. The maximum atomic E-state index is 5.22. The molecule has 0 bridgehead atoms. The van der Waals surface area contributed by atoms with E-state index in [1.54, 1.807) is 6.54 Å². The number of nitrogens with one attached hydrogen (secondary N) is 1. The van der Waals surface area contributed by atoms with Crippen molar-refractivity contribution < 1.29 is 29.6 Å². The molecule has 2 saturated heterocycles. The third-order valence-corrected chi connectivity index (χ3v) is 6.26. The van der Waals surface area contributed by atoms with Crippen LogP contribution in [0.15, 0.2) is 98.4 Å². The SMILES string of the molecule is C=C(NCc1ccccc1)C1CCCN1C.C=CCN1CCN(C)CC1.C=CN.N[CH-]c1ccccc1.[Na+]. The number of benzene rings is 2. The van der Waals surface area contributed by atoms with Crippen LogP contribution in [0.5, 0.6) is 0 Å². The molecule has 0 aromatic heterocycles. The van der Waals surface area contributed by atoms with Crippen molar-refractivity contribution >= 4 is 0 Å². The Hall–Kier alpha value is -2.03. The van der Waals surface area contributed by atoms with Crippen molar-refractivity contribution in [3.05, 3.63) is 116 Å². The van der Waals surface area contributed by atoms with Gasteiger partial charge in [-0.25, -0.2) is 0 Å². The van der Waals surface area contributed by atoms with Crippen molar-refractivity contribution in [2.75, 3.05) is 53.4 Å². The summed E-state index contributed by atoms with van der Waals surface area (Å²) in [7, 11) is 4.35. The second-order valence-corrected chi connectivity index (χ2v) is 9.21. The van der Waals surface area contributed by atoms with E-state index in [1.807, 2.05) is 42.5 Å². The van der Waals surface area contributed by atoms with E-state index >= 15 is 0 Å². The number of likely N-dealkylation sites (N-methyl/N-ethyl adjacent to an activating group) is 2. The third-order valence-electron chi connectivity index (χ3n) is 6.26. The fraction of sp³-hybridized carbons (Fsp3) is 0.387. The molecular formula is C31H49N6Na. The molecule has 4 rings (SSSR count). The fourth-order valence-corrected chi connectivity index (χ4v) is 4.06. The summed E-state index contributed by atoms with van der Waals surface area (Å²) in [5.41, 5.74) is 13.4. The molecular weight excluding hydrogens is 479 g/mol.